The predicted octanol–water partition coefficient (Wildman–Crippen LogP) is 15.0. The van der Waals surface area contributed by atoms with Crippen molar-refractivity contribution in [3.8, 4) is 33.6 Å². The molecule has 0 spiro atoms. The minimum Gasteiger partial charge on any atom is -0.456 e. The number of hydrogen-bond acceptors (Lipinski definition) is 4. The van der Waals surface area contributed by atoms with Gasteiger partial charge in [0.25, 0.3) is 0 Å². The number of rotatable bonds is 6. The molecule has 6 nitrogen and oxygen atoms in total. The van der Waals surface area contributed by atoms with E-state index in [1.54, 1.807) is 0 Å². The summed E-state index contributed by atoms with van der Waals surface area (Å²) in [6.45, 7) is 1.58. The lowest BCUT2D eigenvalue weighted by Crippen LogP contribution is -2.03. The first-order valence-electron chi connectivity index (χ1n) is 22.3. The van der Waals surface area contributed by atoms with Crippen LogP contribution in [0.3, 0.4) is 0 Å². The van der Waals surface area contributed by atoms with E-state index in [2.05, 4.69) is 179 Å². The number of para-hydroxylation sites is 1. The highest BCUT2D eigenvalue weighted by Gasteiger charge is 2.28. The van der Waals surface area contributed by atoms with Crippen LogP contribution in [0.4, 0.5) is 0 Å². The normalized spacial score (nSPS) is 16.9. The predicted molar refractivity (Wildman–Crippen MR) is 258 cm³/mol. The van der Waals surface area contributed by atoms with Gasteiger partial charge < -0.3 is 27.4 Å². The first kappa shape index (κ1) is 34.9. The fraction of sp³-hybridized carbons (Fsp3) is 0.103. The fourth-order valence-electron chi connectivity index (χ4n) is 10.7. The van der Waals surface area contributed by atoms with Gasteiger partial charge in [-0.3, -0.25) is 0 Å². The van der Waals surface area contributed by atoms with Crippen molar-refractivity contribution in [1.29, 1.82) is 0 Å². The molecule has 6 heterocycles. The van der Waals surface area contributed by atoms with Gasteiger partial charge in [-0.05, 0) is 131 Å². The SMILES string of the molecule is C1=Cc2c(n(-c3ccc4oc5ccc(-c6cccc(-c7ccc8oc9ccc(-n%10c%11ccccc%11c%11ccc(C%12CO%12)cc%11%10)cc9c8c7)c6)cc5c4c3)c3cc(C4CO4)ccc23)CC1. The van der Waals surface area contributed by atoms with Crippen LogP contribution in [0, 0.1) is 0 Å². The molecule has 2 unspecified atom stereocenters. The van der Waals surface area contributed by atoms with Gasteiger partial charge in [0.15, 0.2) is 0 Å². The van der Waals surface area contributed by atoms with E-state index in [4.69, 9.17) is 18.3 Å². The van der Waals surface area contributed by atoms with Gasteiger partial charge in [0.1, 0.15) is 34.5 Å². The van der Waals surface area contributed by atoms with Crippen molar-refractivity contribution in [2.45, 2.75) is 25.0 Å². The van der Waals surface area contributed by atoms with Crippen molar-refractivity contribution in [3.05, 3.63) is 186 Å². The van der Waals surface area contributed by atoms with Crippen molar-refractivity contribution in [2.24, 2.45) is 0 Å². The molecule has 0 bridgehead atoms. The van der Waals surface area contributed by atoms with Crippen LogP contribution < -0.4 is 0 Å². The maximum atomic E-state index is 6.47. The summed E-state index contributed by atoms with van der Waals surface area (Å²) in [6, 6.07) is 57.6. The number of benzene rings is 8. The topological polar surface area (TPSA) is 61.2 Å². The van der Waals surface area contributed by atoms with Crippen LogP contribution in [-0.2, 0) is 15.9 Å². The van der Waals surface area contributed by atoms with Gasteiger partial charge in [-0.1, -0.05) is 84.9 Å². The molecule has 0 amide bonds. The second-order valence-electron chi connectivity index (χ2n) is 17.8. The molecule has 1 aliphatic carbocycles. The highest BCUT2D eigenvalue weighted by molar-refractivity contribution is 6.12. The molecule has 0 N–H and O–H groups in total. The molecule has 3 aliphatic rings. The van der Waals surface area contributed by atoms with Crippen molar-refractivity contribution in [1.82, 2.24) is 9.13 Å². The molecule has 2 fully saturated rings. The van der Waals surface area contributed by atoms with E-state index < -0.39 is 0 Å². The minimum atomic E-state index is 0.187. The largest absolute Gasteiger partial charge is 0.456 e. The number of fused-ring (bicyclic) bond motifs is 12. The molecule has 64 heavy (non-hydrogen) atoms. The molecular formula is C58H38N2O4. The number of hydrogen-bond donors (Lipinski definition) is 0. The summed E-state index contributed by atoms with van der Waals surface area (Å²) in [5, 5.41) is 8.19. The van der Waals surface area contributed by atoms with Crippen LogP contribution in [0.2, 0.25) is 0 Å². The number of furan rings is 2. The maximum absolute atomic E-state index is 6.47. The molecular weight excluding hydrogens is 789 g/mol. The van der Waals surface area contributed by atoms with E-state index >= 15 is 0 Å². The Bertz CT molecular complexity index is 4000. The number of ether oxygens (including phenoxy) is 2. The van der Waals surface area contributed by atoms with Gasteiger partial charge in [0, 0.05) is 60.3 Å². The van der Waals surface area contributed by atoms with E-state index in [1.165, 1.54) is 55.1 Å². The van der Waals surface area contributed by atoms with Gasteiger partial charge in [0.05, 0.1) is 29.8 Å². The van der Waals surface area contributed by atoms with E-state index in [-0.39, 0.29) is 12.2 Å². The average Bonchev–Trinajstić information content (AvgIpc) is 4.27. The average molecular weight is 827 g/mol. The lowest BCUT2D eigenvalue weighted by molar-refractivity contribution is 0.415. The molecule has 12 aromatic rings. The zero-order chi connectivity index (χ0) is 41.6. The number of allylic oxidation sites excluding steroid dienone is 1. The molecule has 4 aromatic heterocycles. The molecule has 6 heteroatoms. The smallest absolute Gasteiger partial charge is 0.135 e. The summed E-state index contributed by atoms with van der Waals surface area (Å²) in [6.07, 6.45) is 7.04. The van der Waals surface area contributed by atoms with Crippen LogP contribution in [0.5, 0.6) is 0 Å². The Morgan fingerprint density at radius 1 is 0.406 bits per heavy atom. The second kappa shape index (κ2) is 13.0. The highest BCUT2D eigenvalue weighted by Crippen LogP contribution is 2.42. The van der Waals surface area contributed by atoms with Crippen molar-refractivity contribution in [2.75, 3.05) is 13.2 Å². The number of nitrogens with zero attached hydrogens (tertiary/aromatic N) is 2. The highest BCUT2D eigenvalue weighted by atomic mass is 16.6. The Hall–Kier alpha value is -7.64. The third-order valence-corrected chi connectivity index (χ3v) is 14.0. The fourth-order valence-corrected chi connectivity index (χ4v) is 10.7. The molecule has 0 saturated carbocycles. The Morgan fingerprint density at radius 3 is 1.58 bits per heavy atom. The van der Waals surface area contributed by atoms with Gasteiger partial charge >= 0.3 is 0 Å². The Kier molecular flexibility index (Phi) is 7.06. The molecule has 2 aliphatic heterocycles. The summed E-state index contributed by atoms with van der Waals surface area (Å²) in [4.78, 5) is 0. The molecule has 304 valence electrons. The maximum Gasteiger partial charge on any atom is 0.135 e. The van der Waals surface area contributed by atoms with Crippen LogP contribution in [0.15, 0.2) is 173 Å². The number of aromatic nitrogens is 2. The van der Waals surface area contributed by atoms with E-state index in [0.29, 0.717) is 0 Å². The third kappa shape index (κ3) is 5.21. The number of epoxide rings is 2. The lowest BCUT2D eigenvalue weighted by Gasteiger charge is -2.13. The first-order valence-corrected chi connectivity index (χ1v) is 22.3. The third-order valence-electron chi connectivity index (χ3n) is 14.0. The minimum absolute atomic E-state index is 0.187. The Labute approximate surface area is 366 Å². The van der Waals surface area contributed by atoms with Crippen molar-refractivity contribution < 1.29 is 18.3 Å². The quantitative estimate of drug-likeness (QED) is 0.157. The first-order chi connectivity index (χ1) is 31.7. The zero-order valence-corrected chi connectivity index (χ0v) is 34.7. The summed E-state index contributed by atoms with van der Waals surface area (Å²) in [5.74, 6) is 0. The molecule has 2 atom stereocenters. The summed E-state index contributed by atoms with van der Waals surface area (Å²) < 4.78 is 29.2. The molecule has 2 saturated heterocycles. The van der Waals surface area contributed by atoms with E-state index in [1.807, 2.05) is 0 Å². The van der Waals surface area contributed by atoms with Crippen molar-refractivity contribution in [3.63, 3.8) is 0 Å². The standard InChI is InChI=1S/C58H38N2O4/c1-3-10-49-41(8-1)43-18-12-37(57-31-61-57)27-51(43)59(49)39-16-22-55-47(29-39)45-25-35(14-20-53(45)63-55)33-6-5-7-34(24-33)36-15-21-54-46(26-36)48-30-40(17-23-56(48)64-54)60-50-11-4-2-9-42(50)44-19-13-38(28-52(44)60)58-32-62-58/h1-3,5-10,12-30,57-58H,4,11,31-32H2. The van der Waals surface area contributed by atoms with Gasteiger partial charge in [-0.25, -0.2) is 0 Å². The van der Waals surface area contributed by atoms with Crippen LogP contribution in [0.1, 0.15) is 41.0 Å². The lowest BCUT2D eigenvalue weighted by atomic mass is 9.97. The van der Waals surface area contributed by atoms with Gasteiger partial charge in [-0.15, -0.1) is 0 Å². The van der Waals surface area contributed by atoms with Crippen LogP contribution in [-0.4, -0.2) is 22.3 Å². The Morgan fingerprint density at radius 2 is 0.938 bits per heavy atom. The van der Waals surface area contributed by atoms with E-state index in [0.717, 1.165) is 104 Å². The Balaban J connectivity index is 0.821. The van der Waals surface area contributed by atoms with E-state index in [9.17, 15) is 0 Å². The van der Waals surface area contributed by atoms with Crippen LogP contribution >= 0.6 is 0 Å². The zero-order valence-electron chi connectivity index (χ0n) is 34.7. The summed E-state index contributed by atoms with van der Waals surface area (Å²) in [5.41, 5.74) is 19.1. The molecule has 8 aromatic carbocycles. The monoisotopic (exact) mass is 826 g/mol. The van der Waals surface area contributed by atoms with Gasteiger partial charge in [-0.2, -0.15) is 0 Å². The summed E-state index contributed by atoms with van der Waals surface area (Å²) >= 11 is 0. The van der Waals surface area contributed by atoms with Crippen molar-refractivity contribution >= 4 is 82.7 Å². The second-order valence-corrected chi connectivity index (χ2v) is 17.8. The summed E-state index contributed by atoms with van der Waals surface area (Å²) in [7, 11) is 0. The molecule has 0 radical (unpaired) electrons. The van der Waals surface area contributed by atoms with Gasteiger partial charge in [0.2, 0.25) is 0 Å². The molecule has 15 rings (SSSR count). The van der Waals surface area contributed by atoms with Crippen LogP contribution in [0.25, 0.3) is 116 Å².